The summed E-state index contributed by atoms with van der Waals surface area (Å²) in [6.45, 7) is 1.57. The molecule has 11 heteroatoms. The summed E-state index contributed by atoms with van der Waals surface area (Å²) >= 11 is 0. The smallest absolute Gasteiger partial charge is 0.227 e. The Kier molecular flexibility index (Phi) is 8.76. The van der Waals surface area contributed by atoms with E-state index >= 15 is 0 Å². The molecular formula is C31H44N8O3. The minimum Gasteiger partial charge on any atom is -0.493 e. The molecule has 0 amide bonds. The zero-order valence-electron chi connectivity index (χ0n) is 24.8. The number of fused-ring (bicyclic) bond motifs is 1. The minimum atomic E-state index is -0.335. The third kappa shape index (κ3) is 6.03. The molecule has 3 heterocycles. The number of anilines is 2. The highest BCUT2D eigenvalue weighted by Gasteiger charge is 2.29. The van der Waals surface area contributed by atoms with Gasteiger partial charge in [-0.15, -0.1) is 0 Å². The van der Waals surface area contributed by atoms with Gasteiger partial charge in [0, 0.05) is 37.3 Å². The van der Waals surface area contributed by atoms with Crippen LogP contribution in [0.25, 0.3) is 11.2 Å². The number of likely N-dealkylation sites (tertiary alicyclic amines) is 1. The van der Waals surface area contributed by atoms with Gasteiger partial charge in [-0.05, 0) is 69.1 Å². The van der Waals surface area contributed by atoms with E-state index in [0.29, 0.717) is 35.6 Å². The summed E-state index contributed by atoms with van der Waals surface area (Å²) in [5, 5.41) is 7.34. The number of rotatable bonds is 10. The van der Waals surface area contributed by atoms with E-state index in [2.05, 4.69) is 20.1 Å². The Hall–Kier alpha value is -3.44. The Balaban J connectivity index is 1.18. The Bertz CT molecular complexity index is 1360. The van der Waals surface area contributed by atoms with E-state index in [0.717, 1.165) is 93.3 Å². The van der Waals surface area contributed by atoms with Crippen LogP contribution in [0.5, 0.6) is 11.5 Å². The average molecular weight is 577 g/mol. The van der Waals surface area contributed by atoms with Crippen LogP contribution in [-0.2, 0) is 4.79 Å². The number of nitrogens with two attached hydrogens (primary N) is 1. The Morgan fingerprint density at radius 1 is 0.929 bits per heavy atom. The first-order chi connectivity index (χ1) is 20.6. The van der Waals surface area contributed by atoms with Gasteiger partial charge >= 0.3 is 0 Å². The SMILES string of the molecule is COc1ccc(C(C=O)N2CCC(Nc3nc(NC4CCC(N)CC4)nc4c3ncn4C3CCCC3)CC2)cc1OC. The highest BCUT2D eigenvalue weighted by atomic mass is 16.5. The van der Waals surface area contributed by atoms with Crippen LogP contribution >= 0.6 is 0 Å². The monoisotopic (exact) mass is 576 g/mol. The number of piperidine rings is 1. The number of aromatic nitrogens is 4. The van der Waals surface area contributed by atoms with Crippen molar-refractivity contribution in [1.82, 2.24) is 24.4 Å². The third-order valence-corrected chi connectivity index (χ3v) is 9.39. The number of aldehydes is 1. The van der Waals surface area contributed by atoms with Crippen molar-refractivity contribution in [2.24, 2.45) is 5.73 Å². The van der Waals surface area contributed by atoms with Crippen molar-refractivity contribution < 1.29 is 14.3 Å². The molecule has 0 radical (unpaired) electrons. The van der Waals surface area contributed by atoms with E-state index in [1.165, 1.54) is 12.8 Å². The zero-order valence-corrected chi connectivity index (χ0v) is 24.8. The van der Waals surface area contributed by atoms with E-state index in [-0.39, 0.29) is 12.1 Å². The van der Waals surface area contributed by atoms with Crippen LogP contribution in [0.15, 0.2) is 24.5 Å². The standard InChI is InChI=1S/C31H44N8O3/c1-41-26-12-7-20(17-27(26)42-2)25(18-40)38-15-13-23(14-16-38)34-29-28-30(39(19-33-28)24-5-3-4-6-24)37-31(36-29)35-22-10-8-21(32)9-11-22/h7,12,17-19,21-25H,3-6,8-11,13-16,32H2,1-2H3,(H2,34,35,36,37). The quantitative estimate of drug-likeness (QED) is 0.297. The minimum absolute atomic E-state index is 0.217. The number of carbonyl (C=O) groups is 1. The second kappa shape index (κ2) is 12.8. The number of benzene rings is 1. The van der Waals surface area contributed by atoms with E-state index in [1.54, 1.807) is 14.2 Å². The Labute approximate surface area is 247 Å². The molecular weight excluding hydrogens is 532 g/mol. The molecule has 2 saturated carbocycles. The molecule has 1 atom stereocenters. The number of ether oxygens (including phenoxy) is 2. The van der Waals surface area contributed by atoms with Crippen LogP contribution in [0.3, 0.4) is 0 Å². The van der Waals surface area contributed by atoms with Crippen molar-refractivity contribution in [3.63, 3.8) is 0 Å². The second-order valence-corrected chi connectivity index (χ2v) is 12.1. The lowest BCUT2D eigenvalue weighted by Gasteiger charge is -2.36. The summed E-state index contributed by atoms with van der Waals surface area (Å²) in [4.78, 5) is 29.2. The largest absolute Gasteiger partial charge is 0.493 e. The summed E-state index contributed by atoms with van der Waals surface area (Å²) < 4.78 is 13.1. The van der Waals surface area contributed by atoms with Crippen molar-refractivity contribution in [2.75, 3.05) is 37.9 Å². The first-order valence-corrected chi connectivity index (χ1v) is 15.5. The third-order valence-electron chi connectivity index (χ3n) is 9.39. The zero-order chi connectivity index (χ0) is 29.1. The van der Waals surface area contributed by atoms with Crippen LogP contribution in [0, 0.1) is 0 Å². The molecule has 2 aliphatic carbocycles. The van der Waals surface area contributed by atoms with Crippen molar-refractivity contribution in [1.29, 1.82) is 0 Å². The molecule has 1 aliphatic heterocycles. The van der Waals surface area contributed by atoms with Crippen molar-refractivity contribution in [3.05, 3.63) is 30.1 Å². The molecule has 11 nitrogen and oxygen atoms in total. The summed E-state index contributed by atoms with van der Waals surface area (Å²) in [5.74, 6) is 2.74. The van der Waals surface area contributed by atoms with E-state index < -0.39 is 0 Å². The van der Waals surface area contributed by atoms with Crippen molar-refractivity contribution >= 4 is 29.2 Å². The molecule has 3 fully saturated rings. The molecule has 3 aliphatic rings. The number of carbonyl (C=O) groups excluding carboxylic acids is 1. The molecule has 4 N–H and O–H groups in total. The maximum absolute atomic E-state index is 12.2. The molecule has 1 aromatic carbocycles. The van der Waals surface area contributed by atoms with E-state index in [4.69, 9.17) is 30.2 Å². The predicted octanol–water partition coefficient (Wildman–Crippen LogP) is 4.46. The fourth-order valence-corrected chi connectivity index (χ4v) is 6.91. The number of hydrogen-bond donors (Lipinski definition) is 3. The molecule has 6 rings (SSSR count). The molecule has 0 bridgehead atoms. The molecule has 226 valence electrons. The highest BCUT2D eigenvalue weighted by Crippen LogP contribution is 2.35. The van der Waals surface area contributed by atoms with Crippen LogP contribution in [-0.4, -0.2) is 76.1 Å². The van der Waals surface area contributed by atoms with Gasteiger partial charge in [0.1, 0.15) is 6.29 Å². The van der Waals surface area contributed by atoms with Crippen LogP contribution < -0.4 is 25.8 Å². The average Bonchev–Trinajstić information content (AvgIpc) is 3.70. The van der Waals surface area contributed by atoms with Crippen LogP contribution in [0.1, 0.15) is 81.9 Å². The van der Waals surface area contributed by atoms with Gasteiger partial charge in [-0.25, -0.2) is 4.98 Å². The van der Waals surface area contributed by atoms with Gasteiger partial charge in [-0.1, -0.05) is 18.9 Å². The fraction of sp³-hybridized carbons (Fsp3) is 0.613. The van der Waals surface area contributed by atoms with Crippen LogP contribution in [0.4, 0.5) is 11.8 Å². The summed E-state index contributed by atoms with van der Waals surface area (Å²) in [6.07, 6.45) is 13.7. The van der Waals surface area contributed by atoms with Gasteiger partial charge in [0.05, 0.1) is 26.6 Å². The Morgan fingerprint density at radius 2 is 1.64 bits per heavy atom. The molecule has 1 saturated heterocycles. The molecule has 42 heavy (non-hydrogen) atoms. The van der Waals surface area contributed by atoms with Crippen LogP contribution in [0.2, 0.25) is 0 Å². The van der Waals surface area contributed by atoms with Crippen molar-refractivity contribution in [2.45, 2.75) is 94.4 Å². The Morgan fingerprint density at radius 3 is 2.33 bits per heavy atom. The van der Waals surface area contributed by atoms with Gasteiger partial charge in [0.15, 0.2) is 28.5 Å². The molecule has 3 aromatic rings. The van der Waals surface area contributed by atoms with Gasteiger partial charge in [0.25, 0.3) is 0 Å². The maximum atomic E-state index is 12.2. The number of nitrogens with zero attached hydrogens (tertiary/aromatic N) is 5. The van der Waals surface area contributed by atoms with Gasteiger partial charge < -0.3 is 35.2 Å². The molecule has 1 unspecified atom stereocenters. The summed E-state index contributed by atoms with van der Waals surface area (Å²) in [6, 6.07) is 6.65. The highest BCUT2D eigenvalue weighted by molar-refractivity contribution is 5.84. The second-order valence-electron chi connectivity index (χ2n) is 12.1. The lowest BCUT2D eigenvalue weighted by molar-refractivity contribution is -0.113. The predicted molar refractivity (Wildman–Crippen MR) is 163 cm³/mol. The normalized spacial score (nSPS) is 23.1. The summed E-state index contributed by atoms with van der Waals surface area (Å²) in [7, 11) is 3.23. The number of methoxy groups -OCH3 is 2. The number of hydrogen-bond acceptors (Lipinski definition) is 10. The first kappa shape index (κ1) is 28.7. The van der Waals surface area contributed by atoms with E-state index in [9.17, 15) is 4.79 Å². The summed E-state index contributed by atoms with van der Waals surface area (Å²) in [5.41, 5.74) is 8.79. The topological polar surface area (TPSA) is 132 Å². The van der Waals surface area contributed by atoms with Gasteiger partial charge in [-0.2, -0.15) is 9.97 Å². The number of imidazole rings is 1. The number of nitrogens with one attached hydrogen (secondary N) is 2. The van der Waals surface area contributed by atoms with Crippen molar-refractivity contribution in [3.8, 4) is 11.5 Å². The van der Waals surface area contributed by atoms with Gasteiger partial charge in [-0.3, -0.25) is 4.90 Å². The molecule has 0 spiro atoms. The first-order valence-electron chi connectivity index (χ1n) is 15.5. The lowest BCUT2D eigenvalue weighted by Crippen LogP contribution is -2.41. The molecule has 2 aromatic heterocycles. The van der Waals surface area contributed by atoms with E-state index in [1.807, 2.05) is 24.5 Å². The fourth-order valence-electron chi connectivity index (χ4n) is 6.91. The lowest BCUT2D eigenvalue weighted by atomic mass is 9.92. The maximum Gasteiger partial charge on any atom is 0.227 e. The van der Waals surface area contributed by atoms with Gasteiger partial charge in [0.2, 0.25) is 5.95 Å².